The van der Waals surface area contributed by atoms with Crippen LogP contribution in [0.3, 0.4) is 0 Å². The minimum atomic E-state index is -3.57. The van der Waals surface area contributed by atoms with Crippen molar-refractivity contribution in [1.29, 1.82) is 0 Å². The third-order valence-electron chi connectivity index (χ3n) is 3.95. The van der Waals surface area contributed by atoms with Gasteiger partial charge in [-0.3, -0.25) is 4.89 Å². The van der Waals surface area contributed by atoms with E-state index in [9.17, 15) is 18.3 Å². The van der Waals surface area contributed by atoms with Crippen molar-refractivity contribution in [1.82, 2.24) is 9.97 Å². The molecule has 146 valence electrons. The molecule has 0 amide bonds. The number of nitrogens with one attached hydrogen (secondary N) is 1. The molecule has 2 aromatic carbocycles. The Hall–Kier alpha value is -3.17. The van der Waals surface area contributed by atoms with Crippen LogP contribution in [-0.2, 0) is 21.1 Å². The Morgan fingerprint density at radius 2 is 1.93 bits per heavy atom. The predicted molar refractivity (Wildman–Crippen MR) is 100 cm³/mol. The summed E-state index contributed by atoms with van der Waals surface area (Å²) in [6.07, 6.45) is 4.37. The SMILES string of the molecule is CS(=O)(=O)c1cccc(C(=O)OOc2ccc(-c3ncc[nH]3)cc2)c1CCO. The highest BCUT2D eigenvalue weighted by molar-refractivity contribution is 7.90. The van der Waals surface area contributed by atoms with E-state index in [1.807, 2.05) is 0 Å². The van der Waals surface area contributed by atoms with Gasteiger partial charge in [-0.25, -0.2) is 23.1 Å². The minimum Gasteiger partial charge on any atom is -0.396 e. The summed E-state index contributed by atoms with van der Waals surface area (Å²) in [5.74, 6) is 0.116. The number of H-pyrrole nitrogens is 1. The molecular weight excluding hydrogens is 384 g/mol. The maximum Gasteiger partial charge on any atom is 0.386 e. The van der Waals surface area contributed by atoms with Crippen LogP contribution in [0.15, 0.2) is 59.8 Å². The number of imidazole rings is 1. The van der Waals surface area contributed by atoms with Gasteiger partial charge in [0.2, 0.25) is 0 Å². The van der Waals surface area contributed by atoms with Crippen molar-refractivity contribution in [2.24, 2.45) is 0 Å². The number of aromatic nitrogens is 2. The Morgan fingerprint density at radius 1 is 1.18 bits per heavy atom. The van der Waals surface area contributed by atoms with Crippen LogP contribution in [-0.4, -0.2) is 42.3 Å². The molecule has 0 aliphatic heterocycles. The number of rotatable bonds is 7. The molecule has 3 rings (SSSR count). The third-order valence-corrected chi connectivity index (χ3v) is 5.14. The summed E-state index contributed by atoms with van der Waals surface area (Å²) >= 11 is 0. The molecule has 0 unspecified atom stereocenters. The molecule has 0 aliphatic carbocycles. The topological polar surface area (TPSA) is 119 Å². The van der Waals surface area contributed by atoms with Gasteiger partial charge in [-0.05, 0) is 48.4 Å². The molecule has 0 fully saturated rings. The van der Waals surface area contributed by atoms with Gasteiger partial charge < -0.3 is 10.1 Å². The number of carbonyl (C=O) groups excluding carboxylic acids is 1. The van der Waals surface area contributed by atoms with Crippen LogP contribution in [0.25, 0.3) is 11.4 Å². The second-order valence-corrected chi connectivity index (χ2v) is 7.93. The zero-order valence-electron chi connectivity index (χ0n) is 15.0. The first-order chi connectivity index (χ1) is 13.4. The van der Waals surface area contributed by atoms with E-state index in [-0.39, 0.29) is 34.8 Å². The molecule has 0 saturated heterocycles. The predicted octanol–water partition coefficient (Wildman–Crippen LogP) is 2.17. The molecule has 0 bridgehead atoms. The first-order valence-electron chi connectivity index (χ1n) is 8.31. The van der Waals surface area contributed by atoms with Crippen LogP contribution in [0, 0.1) is 0 Å². The first kappa shape index (κ1) is 19.6. The molecule has 0 aliphatic rings. The van der Waals surface area contributed by atoms with Gasteiger partial charge in [-0.2, -0.15) is 0 Å². The van der Waals surface area contributed by atoms with Crippen molar-refractivity contribution in [3.8, 4) is 17.1 Å². The summed E-state index contributed by atoms with van der Waals surface area (Å²) in [6, 6.07) is 10.9. The Labute approximate surface area is 161 Å². The maximum atomic E-state index is 12.4. The highest BCUT2D eigenvalue weighted by Crippen LogP contribution is 2.23. The molecule has 0 radical (unpaired) electrons. The standard InChI is InChI=1S/C19H18N2O6S/c1-28(24,25)17-4-2-3-16(15(17)9-12-22)19(23)27-26-14-7-5-13(6-8-14)18-20-10-11-21-18/h2-8,10-11,22H,9,12H2,1H3,(H,20,21). The zero-order chi connectivity index (χ0) is 20.1. The average Bonchev–Trinajstić information content (AvgIpc) is 3.21. The van der Waals surface area contributed by atoms with Crippen molar-refractivity contribution in [2.45, 2.75) is 11.3 Å². The highest BCUT2D eigenvalue weighted by atomic mass is 32.2. The van der Waals surface area contributed by atoms with Gasteiger partial charge in [0.15, 0.2) is 15.6 Å². The average molecular weight is 402 g/mol. The number of aliphatic hydroxyl groups excluding tert-OH is 1. The van der Waals surface area contributed by atoms with E-state index in [4.69, 9.17) is 9.78 Å². The highest BCUT2D eigenvalue weighted by Gasteiger charge is 2.22. The van der Waals surface area contributed by atoms with Crippen LogP contribution in [0.4, 0.5) is 0 Å². The fourth-order valence-corrected chi connectivity index (χ4v) is 3.68. The number of aromatic amines is 1. The normalized spacial score (nSPS) is 11.2. The number of hydrogen-bond acceptors (Lipinski definition) is 7. The van der Waals surface area contributed by atoms with Crippen molar-refractivity contribution < 1.29 is 28.1 Å². The lowest BCUT2D eigenvalue weighted by molar-refractivity contribution is -0.149. The second-order valence-electron chi connectivity index (χ2n) is 5.94. The van der Waals surface area contributed by atoms with Crippen molar-refractivity contribution in [3.63, 3.8) is 0 Å². The van der Waals surface area contributed by atoms with Crippen molar-refractivity contribution in [2.75, 3.05) is 12.9 Å². The lowest BCUT2D eigenvalue weighted by atomic mass is 10.1. The first-order valence-corrected chi connectivity index (χ1v) is 10.2. The molecule has 3 aromatic rings. The lowest BCUT2D eigenvalue weighted by Gasteiger charge is -2.12. The zero-order valence-corrected chi connectivity index (χ0v) is 15.8. The largest absolute Gasteiger partial charge is 0.396 e. The molecule has 1 heterocycles. The number of hydrogen-bond donors (Lipinski definition) is 2. The molecule has 1 aromatic heterocycles. The van der Waals surface area contributed by atoms with Crippen molar-refractivity contribution >= 4 is 15.8 Å². The van der Waals surface area contributed by atoms with Crippen LogP contribution >= 0.6 is 0 Å². The number of carbonyl (C=O) groups is 1. The van der Waals surface area contributed by atoms with Gasteiger partial charge in [-0.1, -0.05) is 6.07 Å². The quantitative estimate of drug-likeness (QED) is 0.459. The number of aliphatic hydroxyl groups is 1. The van der Waals surface area contributed by atoms with Gasteiger partial charge in [0, 0.05) is 30.8 Å². The summed E-state index contributed by atoms with van der Waals surface area (Å²) in [5, 5.41) is 9.24. The van der Waals surface area contributed by atoms with Crippen molar-refractivity contribution in [3.05, 3.63) is 66.0 Å². The molecule has 2 N–H and O–H groups in total. The maximum absolute atomic E-state index is 12.4. The Bertz CT molecular complexity index is 1060. The van der Waals surface area contributed by atoms with E-state index >= 15 is 0 Å². The fraction of sp³-hybridized carbons (Fsp3) is 0.158. The van der Waals surface area contributed by atoms with Crippen LogP contribution < -0.4 is 4.89 Å². The molecular formula is C19H18N2O6S. The number of sulfone groups is 1. The van der Waals surface area contributed by atoms with Gasteiger partial charge in [-0.15, -0.1) is 0 Å². The minimum absolute atomic E-state index is 0.00841. The van der Waals surface area contributed by atoms with E-state index in [1.54, 1.807) is 36.7 Å². The molecule has 0 atom stereocenters. The van der Waals surface area contributed by atoms with E-state index in [2.05, 4.69) is 9.97 Å². The Kier molecular flexibility index (Phi) is 5.76. The lowest BCUT2D eigenvalue weighted by Crippen LogP contribution is -2.15. The molecule has 0 spiro atoms. The number of benzene rings is 2. The van der Waals surface area contributed by atoms with E-state index in [1.165, 1.54) is 18.2 Å². The molecule has 8 nitrogen and oxygen atoms in total. The Balaban J connectivity index is 1.76. The van der Waals surface area contributed by atoms with Crippen LogP contribution in [0.5, 0.6) is 5.75 Å². The van der Waals surface area contributed by atoms with Crippen LogP contribution in [0.2, 0.25) is 0 Å². The summed E-state index contributed by atoms with van der Waals surface area (Å²) in [5.41, 5.74) is 1.04. The molecule has 0 saturated carbocycles. The van der Waals surface area contributed by atoms with Gasteiger partial charge in [0.1, 0.15) is 5.82 Å². The third kappa shape index (κ3) is 4.38. The van der Waals surface area contributed by atoms with E-state index in [0.717, 1.165) is 11.8 Å². The summed E-state index contributed by atoms with van der Waals surface area (Å²) in [6.45, 7) is -0.318. The van der Waals surface area contributed by atoms with Gasteiger partial charge in [0.25, 0.3) is 0 Å². The molecule has 9 heteroatoms. The van der Waals surface area contributed by atoms with Gasteiger partial charge in [0.05, 0.1) is 10.5 Å². The fourth-order valence-electron chi connectivity index (χ4n) is 2.70. The summed E-state index contributed by atoms with van der Waals surface area (Å²) < 4.78 is 23.9. The van der Waals surface area contributed by atoms with E-state index < -0.39 is 15.8 Å². The van der Waals surface area contributed by atoms with Crippen LogP contribution in [0.1, 0.15) is 15.9 Å². The summed E-state index contributed by atoms with van der Waals surface area (Å²) in [7, 11) is -3.57. The van der Waals surface area contributed by atoms with Gasteiger partial charge >= 0.3 is 5.97 Å². The smallest absolute Gasteiger partial charge is 0.386 e. The molecule has 28 heavy (non-hydrogen) atoms. The van der Waals surface area contributed by atoms with E-state index in [0.29, 0.717) is 5.82 Å². The monoisotopic (exact) mass is 402 g/mol. The number of nitrogens with zero attached hydrogens (tertiary/aromatic N) is 1. The Morgan fingerprint density at radius 3 is 2.54 bits per heavy atom. The second kappa shape index (κ2) is 8.24. The summed E-state index contributed by atoms with van der Waals surface area (Å²) in [4.78, 5) is 29.4.